The molecule has 1 saturated heterocycles. The van der Waals surface area contributed by atoms with E-state index in [2.05, 4.69) is 22.0 Å². The van der Waals surface area contributed by atoms with Crippen LogP contribution in [-0.2, 0) is 4.79 Å². The van der Waals surface area contributed by atoms with E-state index in [0.717, 1.165) is 46.8 Å². The maximum absolute atomic E-state index is 12.7. The summed E-state index contributed by atoms with van der Waals surface area (Å²) >= 11 is 0. The predicted octanol–water partition coefficient (Wildman–Crippen LogP) is 4.21. The Morgan fingerprint density at radius 1 is 1.03 bits per heavy atom. The van der Waals surface area contributed by atoms with E-state index in [4.69, 9.17) is 10.8 Å². The highest BCUT2D eigenvalue weighted by Crippen LogP contribution is 2.30. The highest BCUT2D eigenvalue weighted by molar-refractivity contribution is 6.06. The Balaban J connectivity index is 1.40. The summed E-state index contributed by atoms with van der Waals surface area (Å²) in [6.07, 6.45) is 4.89. The minimum absolute atomic E-state index is 0.309. The van der Waals surface area contributed by atoms with E-state index in [9.17, 15) is 14.7 Å². The van der Waals surface area contributed by atoms with Crippen molar-refractivity contribution >= 4 is 28.5 Å². The molecule has 0 saturated carbocycles. The summed E-state index contributed by atoms with van der Waals surface area (Å²) < 4.78 is 0. The van der Waals surface area contributed by atoms with Crippen LogP contribution in [-0.4, -0.2) is 52.1 Å². The number of nitrogens with two attached hydrogens (primary N) is 1. The zero-order chi connectivity index (χ0) is 25.2. The number of aromatic nitrogens is 2. The number of carbonyl (C=O) groups is 2. The molecule has 2 aromatic carbocycles. The van der Waals surface area contributed by atoms with Crippen molar-refractivity contribution in [2.24, 2.45) is 11.8 Å². The molecule has 1 aliphatic heterocycles. The molecule has 4 aromatic rings. The van der Waals surface area contributed by atoms with E-state index in [-0.39, 0.29) is 11.8 Å². The van der Waals surface area contributed by atoms with E-state index < -0.39 is 5.97 Å². The quantitative estimate of drug-likeness (QED) is 0.249. The van der Waals surface area contributed by atoms with Crippen molar-refractivity contribution in [3.05, 3.63) is 78.6 Å². The molecule has 1 atom stereocenters. The van der Waals surface area contributed by atoms with Crippen LogP contribution in [0.15, 0.2) is 73.1 Å². The van der Waals surface area contributed by atoms with E-state index in [1.165, 1.54) is 7.05 Å². The number of piperidine rings is 1. The summed E-state index contributed by atoms with van der Waals surface area (Å²) in [5.41, 5.74) is 5.85. The molecule has 0 spiro atoms. The Bertz CT molecular complexity index is 1420. The van der Waals surface area contributed by atoms with Crippen LogP contribution in [0.3, 0.4) is 0 Å². The third kappa shape index (κ3) is 4.63. The highest BCUT2D eigenvalue weighted by atomic mass is 16.4. The van der Waals surface area contributed by atoms with Crippen LogP contribution in [0.2, 0.25) is 0 Å². The first-order valence-electron chi connectivity index (χ1n) is 11.9. The second-order valence-electron chi connectivity index (χ2n) is 9.11. The van der Waals surface area contributed by atoms with Crippen molar-refractivity contribution in [1.82, 2.24) is 15.0 Å². The molecule has 1 unspecified atom stereocenters. The molecule has 8 heteroatoms. The van der Waals surface area contributed by atoms with Gasteiger partial charge in [0.2, 0.25) is 0 Å². The van der Waals surface area contributed by atoms with Gasteiger partial charge in [-0.25, -0.2) is 10.8 Å². The van der Waals surface area contributed by atoms with E-state index in [1.54, 1.807) is 24.5 Å². The minimum atomic E-state index is -0.722. The summed E-state index contributed by atoms with van der Waals surface area (Å²) in [5.74, 6) is 4.38. The predicted molar refractivity (Wildman–Crippen MR) is 139 cm³/mol. The van der Waals surface area contributed by atoms with Gasteiger partial charge in [0.1, 0.15) is 0 Å². The molecule has 182 valence electrons. The van der Waals surface area contributed by atoms with Gasteiger partial charge in [0, 0.05) is 49.2 Å². The van der Waals surface area contributed by atoms with Gasteiger partial charge in [-0.05, 0) is 48.2 Å². The van der Waals surface area contributed by atoms with Crippen molar-refractivity contribution in [3.8, 4) is 22.4 Å². The number of rotatable bonds is 5. The largest absolute Gasteiger partial charge is 0.481 e. The molecule has 0 radical (unpaired) electrons. The fourth-order valence-corrected chi connectivity index (χ4v) is 4.69. The summed E-state index contributed by atoms with van der Waals surface area (Å²) in [6, 6.07) is 19.8. The third-order valence-corrected chi connectivity index (χ3v) is 6.68. The lowest BCUT2D eigenvalue weighted by Gasteiger charge is -2.32. The lowest BCUT2D eigenvalue weighted by atomic mass is 9.97. The zero-order valence-electron chi connectivity index (χ0n) is 20.0. The van der Waals surface area contributed by atoms with E-state index in [0.29, 0.717) is 28.7 Å². The number of hydrazine groups is 1. The van der Waals surface area contributed by atoms with E-state index >= 15 is 0 Å². The molecule has 3 N–H and O–H groups in total. The Hall–Kier alpha value is -4.30. The van der Waals surface area contributed by atoms with Gasteiger partial charge in [-0.2, -0.15) is 0 Å². The maximum Gasteiger partial charge on any atom is 0.308 e. The average molecular weight is 482 g/mol. The van der Waals surface area contributed by atoms with Gasteiger partial charge in [0.15, 0.2) is 0 Å². The molecule has 0 aliphatic carbocycles. The van der Waals surface area contributed by atoms with Crippen molar-refractivity contribution in [2.75, 3.05) is 25.0 Å². The molecule has 1 amide bonds. The number of pyridine rings is 2. The van der Waals surface area contributed by atoms with Crippen LogP contribution in [0.25, 0.3) is 33.3 Å². The van der Waals surface area contributed by atoms with Crippen LogP contribution in [0.5, 0.6) is 0 Å². The lowest BCUT2D eigenvalue weighted by Crippen LogP contribution is -2.38. The number of carboxylic acid groups (broad SMARTS) is 1. The zero-order valence-corrected chi connectivity index (χ0v) is 20.0. The summed E-state index contributed by atoms with van der Waals surface area (Å²) in [5, 5.41) is 11.1. The Labute approximate surface area is 209 Å². The number of anilines is 1. The van der Waals surface area contributed by atoms with Crippen LogP contribution in [0.4, 0.5) is 5.69 Å². The fraction of sp³-hybridized carbons (Fsp3) is 0.214. The molecular formula is C28H27N5O3. The van der Waals surface area contributed by atoms with Crippen molar-refractivity contribution < 1.29 is 14.7 Å². The number of benzene rings is 2. The van der Waals surface area contributed by atoms with Gasteiger partial charge >= 0.3 is 5.97 Å². The number of hydrogen-bond acceptors (Lipinski definition) is 6. The number of carboxylic acids is 1. The topological polar surface area (TPSA) is 113 Å². The Morgan fingerprint density at radius 2 is 1.69 bits per heavy atom. The van der Waals surface area contributed by atoms with Crippen molar-refractivity contribution in [3.63, 3.8) is 0 Å². The fourth-order valence-electron chi connectivity index (χ4n) is 4.69. The molecule has 2 aromatic heterocycles. The molecule has 8 nitrogen and oxygen atoms in total. The van der Waals surface area contributed by atoms with Gasteiger partial charge in [0.05, 0.1) is 22.7 Å². The molecule has 5 rings (SSSR count). The summed E-state index contributed by atoms with van der Waals surface area (Å²) in [4.78, 5) is 35.1. The minimum Gasteiger partial charge on any atom is -0.481 e. The Kier molecular flexibility index (Phi) is 6.35. The van der Waals surface area contributed by atoms with Crippen molar-refractivity contribution in [2.45, 2.75) is 12.8 Å². The maximum atomic E-state index is 12.7. The SMILES string of the molecule is CN(N)C(=O)c1cc(-c2ccc(-c3ccc(N4CCCC(C(=O)O)C4)cc3)cc2)nc2ccncc12. The highest BCUT2D eigenvalue weighted by Gasteiger charge is 2.25. The van der Waals surface area contributed by atoms with Crippen molar-refractivity contribution in [1.29, 1.82) is 0 Å². The number of fused-ring (bicyclic) bond motifs is 1. The first-order chi connectivity index (χ1) is 17.4. The smallest absolute Gasteiger partial charge is 0.308 e. The van der Waals surface area contributed by atoms with Gasteiger partial charge in [0.25, 0.3) is 5.91 Å². The first kappa shape index (κ1) is 23.4. The molecule has 3 heterocycles. The first-order valence-corrected chi connectivity index (χ1v) is 11.9. The van der Waals surface area contributed by atoms with Crippen LogP contribution >= 0.6 is 0 Å². The molecule has 0 bridgehead atoms. The second kappa shape index (κ2) is 9.75. The van der Waals surface area contributed by atoms with Gasteiger partial charge in [-0.1, -0.05) is 36.4 Å². The average Bonchev–Trinajstić information content (AvgIpc) is 2.92. The summed E-state index contributed by atoms with van der Waals surface area (Å²) in [6.45, 7) is 1.42. The van der Waals surface area contributed by atoms with Gasteiger partial charge in [-0.15, -0.1) is 0 Å². The molecule has 1 aliphatic rings. The standard InChI is InChI=1S/C28H27N5O3/c1-32(29)27(34)23-15-26(31-25-12-13-30-16-24(23)25)20-6-4-18(5-7-20)19-8-10-22(11-9-19)33-14-2-3-21(17-33)28(35)36/h4-13,15-16,21H,2-3,14,17,29H2,1H3,(H,35,36). The Morgan fingerprint density at radius 3 is 2.36 bits per heavy atom. The van der Waals surface area contributed by atoms with Crippen LogP contribution in [0, 0.1) is 5.92 Å². The van der Waals surface area contributed by atoms with Crippen LogP contribution in [0.1, 0.15) is 23.2 Å². The van der Waals surface area contributed by atoms with Crippen LogP contribution < -0.4 is 10.7 Å². The van der Waals surface area contributed by atoms with E-state index in [1.807, 2.05) is 36.4 Å². The number of carbonyl (C=O) groups excluding carboxylic acids is 1. The summed E-state index contributed by atoms with van der Waals surface area (Å²) in [7, 11) is 1.51. The third-order valence-electron chi connectivity index (χ3n) is 6.68. The number of amides is 1. The van der Waals surface area contributed by atoms with Gasteiger partial charge in [-0.3, -0.25) is 19.6 Å². The molecule has 36 heavy (non-hydrogen) atoms. The number of nitrogens with zero attached hydrogens (tertiary/aromatic N) is 4. The lowest BCUT2D eigenvalue weighted by molar-refractivity contribution is -0.141. The number of aliphatic carboxylic acids is 1. The monoisotopic (exact) mass is 481 g/mol. The normalized spacial score (nSPS) is 15.6. The molecular weight excluding hydrogens is 454 g/mol. The second-order valence-corrected chi connectivity index (χ2v) is 9.11. The van der Waals surface area contributed by atoms with Gasteiger partial charge < -0.3 is 10.0 Å². The number of hydrogen-bond donors (Lipinski definition) is 2. The molecule has 1 fully saturated rings.